The van der Waals surface area contributed by atoms with Crippen molar-refractivity contribution in [3.63, 3.8) is 0 Å². The fourth-order valence-electron chi connectivity index (χ4n) is 4.63. The van der Waals surface area contributed by atoms with Crippen molar-refractivity contribution in [2.45, 2.75) is 78.7 Å². The molecule has 0 aromatic carbocycles. The second-order valence-corrected chi connectivity index (χ2v) is 8.85. The lowest BCUT2D eigenvalue weighted by Crippen LogP contribution is -2.47. The average Bonchev–Trinajstić information content (AvgIpc) is 2.65. The van der Waals surface area contributed by atoms with Crippen molar-refractivity contribution in [2.75, 3.05) is 19.6 Å². The standard InChI is InChI=1S/C19H38N2/c1-15-6-5-12-21(13-11-15)18(14-20)16-7-9-17(10-8-16)19(2,3)4/h15-18H,5-14,20H2,1-4H3. The Bertz CT molecular complexity index is 299. The maximum absolute atomic E-state index is 6.20. The van der Waals surface area contributed by atoms with Crippen LogP contribution in [0.4, 0.5) is 0 Å². The molecular weight excluding hydrogens is 256 g/mol. The van der Waals surface area contributed by atoms with Crippen molar-refractivity contribution < 1.29 is 0 Å². The molecule has 1 saturated carbocycles. The maximum atomic E-state index is 6.20. The van der Waals surface area contributed by atoms with Crippen LogP contribution in [-0.4, -0.2) is 30.6 Å². The van der Waals surface area contributed by atoms with Crippen LogP contribution in [0.25, 0.3) is 0 Å². The molecule has 0 spiro atoms. The minimum Gasteiger partial charge on any atom is -0.329 e. The Morgan fingerprint density at radius 1 is 1.00 bits per heavy atom. The summed E-state index contributed by atoms with van der Waals surface area (Å²) in [7, 11) is 0. The van der Waals surface area contributed by atoms with Gasteiger partial charge in [-0.1, -0.05) is 27.7 Å². The van der Waals surface area contributed by atoms with Gasteiger partial charge in [0.05, 0.1) is 0 Å². The Kier molecular flexibility index (Phi) is 6.14. The van der Waals surface area contributed by atoms with Crippen molar-refractivity contribution in [3.05, 3.63) is 0 Å². The Balaban J connectivity index is 1.90. The Hall–Kier alpha value is -0.0800. The van der Waals surface area contributed by atoms with Gasteiger partial charge in [0.2, 0.25) is 0 Å². The van der Waals surface area contributed by atoms with Crippen molar-refractivity contribution in [3.8, 4) is 0 Å². The number of nitrogens with zero attached hydrogens (tertiary/aromatic N) is 1. The van der Waals surface area contributed by atoms with Crippen LogP contribution >= 0.6 is 0 Å². The van der Waals surface area contributed by atoms with E-state index in [1.807, 2.05) is 0 Å². The van der Waals surface area contributed by atoms with Gasteiger partial charge < -0.3 is 5.73 Å². The third kappa shape index (κ3) is 4.69. The number of likely N-dealkylation sites (tertiary alicyclic amines) is 1. The molecule has 2 unspecified atom stereocenters. The molecule has 21 heavy (non-hydrogen) atoms. The van der Waals surface area contributed by atoms with Crippen LogP contribution in [0.5, 0.6) is 0 Å². The van der Waals surface area contributed by atoms with E-state index in [0.717, 1.165) is 24.3 Å². The number of nitrogens with two attached hydrogens (primary N) is 1. The summed E-state index contributed by atoms with van der Waals surface area (Å²) in [6, 6.07) is 0.649. The number of hydrogen-bond donors (Lipinski definition) is 1. The Morgan fingerprint density at radius 2 is 1.67 bits per heavy atom. The molecule has 0 aromatic heterocycles. The molecule has 0 aromatic rings. The van der Waals surface area contributed by atoms with E-state index in [2.05, 4.69) is 32.6 Å². The van der Waals surface area contributed by atoms with Crippen LogP contribution in [0.2, 0.25) is 0 Å². The summed E-state index contributed by atoms with van der Waals surface area (Å²) in [4.78, 5) is 2.74. The fraction of sp³-hybridized carbons (Fsp3) is 1.00. The molecule has 2 N–H and O–H groups in total. The lowest BCUT2D eigenvalue weighted by molar-refractivity contribution is 0.0830. The van der Waals surface area contributed by atoms with Crippen LogP contribution in [0, 0.1) is 23.2 Å². The van der Waals surface area contributed by atoms with Gasteiger partial charge in [-0.25, -0.2) is 0 Å². The normalized spacial score (nSPS) is 34.4. The van der Waals surface area contributed by atoms with E-state index in [-0.39, 0.29) is 0 Å². The SMILES string of the molecule is CC1CCCN(C(CN)C2CCC(C(C)(C)C)CC2)CC1. The fourth-order valence-corrected chi connectivity index (χ4v) is 4.63. The van der Waals surface area contributed by atoms with Crippen molar-refractivity contribution in [1.82, 2.24) is 4.90 Å². The second-order valence-electron chi connectivity index (χ2n) is 8.85. The first-order chi connectivity index (χ1) is 9.91. The molecule has 0 radical (unpaired) electrons. The summed E-state index contributed by atoms with van der Waals surface area (Å²) >= 11 is 0. The summed E-state index contributed by atoms with van der Waals surface area (Å²) in [6.07, 6.45) is 9.77. The van der Waals surface area contributed by atoms with E-state index in [1.54, 1.807) is 0 Å². The first-order valence-electron chi connectivity index (χ1n) is 9.36. The molecule has 1 aliphatic carbocycles. The van der Waals surface area contributed by atoms with E-state index in [0.29, 0.717) is 11.5 Å². The maximum Gasteiger partial charge on any atom is 0.0246 e. The van der Waals surface area contributed by atoms with Gasteiger partial charge in [0.15, 0.2) is 0 Å². The predicted molar refractivity (Wildman–Crippen MR) is 92.3 cm³/mol. The smallest absolute Gasteiger partial charge is 0.0246 e. The van der Waals surface area contributed by atoms with Crippen molar-refractivity contribution in [1.29, 1.82) is 0 Å². The van der Waals surface area contributed by atoms with E-state index in [1.165, 1.54) is 58.0 Å². The van der Waals surface area contributed by atoms with Crippen LogP contribution in [0.1, 0.15) is 72.6 Å². The van der Waals surface area contributed by atoms with Crippen molar-refractivity contribution >= 4 is 0 Å². The third-order valence-corrected chi connectivity index (χ3v) is 6.30. The molecule has 2 fully saturated rings. The minimum absolute atomic E-state index is 0.487. The summed E-state index contributed by atoms with van der Waals surface area (Å²) in [5.41, 5.74) is 6.69. The third-order valence-electron chi connectivity index (χ3n) is 6.30. The lowest BCUT2D eigenvalue weighted by atomic mass is 9.68. The van der Waals surface area contributed by atoms with E-state index in [9.17, 15) is 0 Å². The van der Waals surface area contributed by atoms with Gasteiger partial charge >= 0.3 is 0 Å². The predicted octanol–water partition coefficient (Wildman–Crippen LogP) is 4.29. The van der Waals surface area contributed by atoms with E-state index < -0.39 is 0 Å². The molecule has 1 aliphatic heterocycles. The van der Waals surface area contributed by atoms with Gasteiger partial charge in [0.1, 0.15) is 0 Å². The second kappa shape index (κ2) is 7.46. The Morgan fingerprint density at radius 3 is 2.24 bits per heavy atom. The van der Waals surface area contributed by atoms with Crippen LogP contribution in [0.15, 0.2) is 0 Å². The lowest BCUT2D eigenvalue weighted by Gasteiger charge is -2.42. The van der Waals surface area contributed by atoms with Gasteiger partial charge in [0, 0.05) is 12.6 Å². The summed E-state index contributed by atoms with van der Waals surface area (Å²) in [5, 5.41) is 0. The first-order valence-corrected chi connectivity index (χ1v) is 9.36. The highest BCUT2D eigenvalue weighted by Crippen LogP contribution is 2.41. The number of hydrogen-bond acceptors (Lipinski definition) is 2. The molecule has 1 heterocycles. The summed E-state index contributed by atoms with van der Waals surface area (Å²) in [5.74, 6) is 2.67. The highest BCUT2D eigenvalue weighted by atomic mass is 15.2. The van der Waals surface area contributed by atoms with Gasteiger partial charge in [-0.15, -0.1) is 0 Å². The summed E-state index contributed by atoms with van der Waals surface area (Å²) in [6.45, 7) is 13.1. The molecule has 2 atom stereocenters. The van der Waals surface area contributed by atoms with E-state index >= 15 is 0 Å². The molecule has 2 aliphatic rings. The zero-order valence-electron chi connectivity index (χ0n) is 14.9. The topological polar surface area (TPSA) is 29.3 Å². The molecule has 0 bridgehead atoms. The van der Waals surface area contributed by atoms with Gasteiger partial charge in [-0.05, 0) is 81.2 Å². The van der Waals surface area contributed by atoms with Crippen molar-refractivity contribution in [2.24, 2.45) is 28.9 Å². The highest BCUT2D eigenvalue weighted by molar-refractivity contribution is 4.88. The first kappa shape index (κ1) is 17.3. The zero-order chi connectivity index (χ0) is 15.5. The Labute approximate surface area is 132 Å². The van der Waals surface area contributed by atoms with Crippen LogP contribution in [-0.2, 0) is 0 Å². The molecule has 1 saturated heterocycles. The van der Waals surface area contributed by atoms with Gasteiger partial charge in [-0.3, -0.25) is 4.90 Å². The monoisotopic (exact) mass is 294 g/mol. The average molecular weight is 295 g/mol. The van der Waals surface area contributed by atoms with Crippen LogP contribution < -0.4 is 5.73 Å². The summed E-state index contributed by atoms with van der Waals surface area (Å²) < 4.78 is 0. The molecule has 0 amide bonds. The van der Waals surface area contributed by atoms with Crippen LogP contribution in [0.3, 0.4) is 0 Å². The quantitative estimate of drug-likeness (QED) is 0.841. The molecule has 2 heteroatoms. The zero-order valence-corrected chi connectivity index (χ0v) is 14.9. The highest BCUT2D eigenvalue weighted by Gasteiger charge is 2.34. The van der Waals surface area contributed by atoms with Gasteiger partial charge in [0.25, 0.3) is 0 Å². The largest absolute Gasteiger partial charge is 0.329 e. The van der Waals surface area contributed by atoms with Gasteiger partial charge in [-0.2, -0.15) is 0 Å². The molecule has 2 nitrogen and oxygen atoms in total. The van der Waals surface area contributed by atoms with E-state index in [4.69, 9.17) is 5.73 Å². The minimum atomic E-state index is 0.487. The molecular formula is C19H38N2. The molecule has 2 rings (SSSR count). The molecule has 124 valence electrons. The number of rotatable bonds is 3.